The highest BCUT2D eigenvalue weighted by molar-refractivity contribution is 5.29. The molecule has 1 aromatic rings. The van der Waals surface area contributed by atoms with Crippen LogP contribution < -0.4 is 10.1 Å². The second kappa shape index (κ2) is 7.46. The summed E-state index contributed by atoms with van der Waals surface area (Å²) < 4.78 is 11.2. The Bertz CT molecular complexity index is 392. The Kier molecular flexibility index (Phi) is 5.61. The van der Waals surface area contributed by atoms with Crippen LogP contribution in [0, 0.1) is 6.92 Å². The van der Waals surface area contributed by atoms with E-state index < -0.39 is 0 Å². The van der Waals surface area contributed by atoms with Gasteiger partial charge in [-0.05, 0) is 38.3 Å². The van der Waals surface area contributed by atoms with E-state index in [-0.39, 0.29) is 0 Å². The Balaban J connectivity index is 1.82. The van der Waals surface area contributed by atoms with E-state index in [9.17, 15) is 0 Å². The normalized spacial score (nSPS) is 14.6. The zero-order valence-electron chi connectivity index (χ0n) is 11.9. The second-order valence-corrected chi connectivity index (χ2v) is 5.01. The van der Waals surface area contributed by atoms with Gasteiger partial charge in [-0.2, -0.15) is 0 Å². The molecule has 0 aromatic carbocycles. The van der Waals surface area contributed by atoms with Crippen LogP contribution in [0.25, 0.3) is 0 Å². The van der Waals surface area contributed by atoms with Gasteiger partial charge in [0.05, 0.1) is 12.3 Å². The highest BCUT2D eigenvalue weighted by Gasteiger charge is 2.21. The van der Waals surface area contributed by atoms with Crippen molar-refractivity contribution in [1.82, 2.24) is 10.3 Å². The van der Waals surface area contributed by atoms with Crippen molar-refractivity contribution in [1.29, 1.82) is 0 Å². The number of rotatable bonds is 9. The van der Waals surface area contributed by atoms with Gasteiger partial charge >= 0.3 is 0 Å². The van der Waals surface area contributed by atoms with Gasteiger partial charge in [0.1, 0.15) is 12.4 Å². The van der Waals surface area contributed by atoms with Crippen LogP contribution in [0.1, 0.15) is 37.6 Å². The fourth-order valence-electron chi connectivity index (χ4n) is 1.84. The first-order valence-corrected chi connectivity index (χ1v) is 7.20. The Morgan fingerprint density at radius 1 is 1.26 bits per heavy atom. The molecule has 4 nitrogen and oxygen atoms in total. The SMILES string of the molecule is CCCOCCOc1ccc(C)nc1CNC1CC1. The molecule has 4 heteroatoms. The Morgan fingerprint density at radius 3 is 2.84 bits per heavy atom. The lowest BCUT2D eigenvalue weighted by Gasteiger charge is -2.12. The van der Waals surface area contributed by atoms with Crippen LogP contribution in [0.2, 0.25) is 0 Å². The zero-order valence-corrected chi connectivity index (χ0v) is 11.9. The van der Waals surface area contributed by atoms with Gasteiger partial charge in [0.2, 0.25) is 0 Å². The van der Waals surface area contributed by atoms with Crippen molar-refractivity contribution in [2.24, 2.45) is 0 Å². The number of nitrogens with zero attached hydrogens (tertiary/aromatic N) is 1. The van der Waals surface area contributed by atoms with Gasteiger partial charge in [-0.25, -0.2) is 0 Å². The molecule has 1 saturated carbocycles. The fourth-order valence-corrected chi connectivity index (χ4v) is 1.84. The Morgan fingerprint density at radius 2 is 2.11 bits per heavy atom. The summed E-state index contributed by atoms with van der Waals surface area (Å²) in [7, 11) is 0. The second-order valence-electron chi connectivity index (χ2n) is 5.01. The van der Waals surface area contributed by atoms with Crippen LogP contribution in [0.15, 0.2) is 12.1 Å². The highest BCUT2D eigenvalue weighted by Crippen LogP contribution is 2.22. The minimum absolute atomic E-state index is 0.584. The van der Waals surface area contributed by atoms with Crippen LogP contribution in [0.5, 0.6) is 5.75 Å². The van der Waals surface area contributed by atoms with Crippen LogP contribution in [-0.2, 0) is 11.3 Å². The minimum Gasteiger partial charge on any atom is -0.489 e. The number of aryl methyl sites for hydroxylation is 1. The predicted molar refractivity (Wildman–Crippen MR) is 75.4 cm³/mol. The molecule has 1 heterocycles. The Hall–Kier alpha value is -1.13. The molecular formula is C15H24N2O2. The zero-order chi connectivity index (χ0) is 13.5. The maximum atomic E-state index is 5.76. The van der Waals surface area contributed by atoms with Gasteiger partial charge in [0.15, 0.2) is 0 Å². The first kappa shape index (κ1) is 14.3. The third-order valence-electron chi connectivity index (χ3n) is 3.04. The van der Waals surface area contributed by atoms with Gasteiger partial charge in [-0.1, -0.05) is 6.92 Å². The summed E-state index contributed by atoms with van der Waals surface area (Å²) in [6.45, 7) is 6.92. The van der Waals surface area contributed by atoms with Gasteiger partial charge < -0.3 is 14.8 Å². The molecule has 1 N–H and O–H groups in total. The lowest BCUT2D eigenvalue weighted by molar-refractivity contribution is 0.100. The molecule has 1 aromatic heterocycles. The van der Waals surface area contributed by atoms with Gasteiger partial charge in [0.25, 0.3) is 0 Å². The van der Waals surface area contributed by atoms with E-state index in [1.54, 1.807) is 0 Å². The molecule has 1 aliphatic rings. The lowest BCUT2D eigenvalue weighted by atomic mass is 10.3. The average molecular weight is 264 g/mol. The first-order valence-electron chi connectivity index (χ1n) is 7.20. The summed E-state index contributed by atoms with van der Waals surface area (Å²) >= 11 is 0. The van der Waals surface area contributed by atoms with Crippen molar-refractivity contribution < 1.29 is 9.47 Å². The van der Waals surface area contributed by atoms with Crippen molar-refractivity contribution in [2.75, 3.05) is 19.8 Å². The van der Waals surface area contributed by atoms with Gasteiger partial charge in [-0.3, -0.25) is 4.98 Å². The maximum absolute atomic E-state index is 5.76. The predicted octanol–water partition coefficient (Wildman–Crippen LogP) is 2.45. The molecular weight excluding hydrogens is 240 g/mol. The number of hydrogen-bond donors (Lipinski definition) is 1. The molecule has 106 valence electrons. The number of aromatic nitrogens is 1. The number of nitrogens with one attached hydrogen (secondary N) is 1. The molecule has 2 rings (SSSR count). The van der Waals surface area contributed by atoms with Crippen LogP contribution in [0.4, 0.5) is 0 Å². The lowest BCUT2D eigenvalue weighted by Crippen LogP contribution is -2.18. The monoisotopic (exact) mass is 264 g/mol. The Labute approximate surface area is 115 Å². The third-order valence-corrected chi connectivity index (χ3v) is 3.04. The summed E-state index contributed by atoms with van der Waals surface area (Å²) in [4.78, 5) is 4.56. The molecule has 19 heavy (non-hydrogen) atoms. The van der Waals surface area contributed by atoms with E-state index in [2.05, 4.69) is 17.2 Å². The molecule has 0 radical (unpaired) electrons. The molecule has 0 atom stereocenters. The van der Waals surface area contributed by atoms with E-state index in [1.807, 2.05) is 19.1 Å². The first-order chi connectivity index (χ1) is 9.29. The number of ether oxygens (including phenoxy) is 2. The standard InChI is InChI=1S/C15H24N2O2/c1-3-8-18-9-10-19-15-7-4-12(2)17-14(15)11-16-13-5-6-13/h4,7,13,16H,3,5-6,8-11H2,1-2H3. The van der Waals surface area contributed by atoms with Crippen molar-refractivity contribution in [3.8, 4) is 5.75 Å². The van der Waals surface area contributed by atoms with Crippen molar-refractivity contribution in [2.45, 2.75) is 45.7 Å². The summed E-state index contributed by atoms with van der Waals surface area (Å²) in [6.07, 6.45) is 3.61. The molecule has 0 amide bonds. The summed E-state index contributed by atoms with van der Waals surface area (Å²) in [6, 6.07) is 4.68. The van der Waals surface area contributed by atoms with E-state index in [4.69, 9.17) is 9.47 Å². The van der Waals surface area contributed by atoms with Crippen molar-refractivity contribution in [3.05, 3.63) is 23.5 Å². The average Bonchev–Trinajstić information content (AvgIpc) is 3.22. The molecule has 0 unspecified atom stereocenters. The minimum atomic E-state index is 0.584. The number of pyridine rings is 1. The highest BCUT2D eigenvalue weighted by atomic mass is 16.5. The topological polar surface area (TPSA) is 43.4 Å². The van der Waals surface area contributed by atoms with E-state index in [0.29, 0.717) is 19.3 Å². The molecule has 0 spiro atoms. The quantitative estimate of drug-likeness (QED) is 0.696. The molecule has 1 aliphatic carbocycles. The van der Waals surface area contributed by atoms with Crippen molar-refractivity contribution in [3.63, 3.8) is 0 Å². The van der Waals surface area contributed by atoms with Crippen LogP contribution in [-0.4, -0.2) is 30.8 Å². The third kappa shape index (κ3) is 5.17. The number of hydrogen-bond acceptors (Lipinski definition) is 4. The van der Waals surface area contributed by atoms with Gasteiger partial charge in [0, 0.05) is 24.9 Å². The van der Waals surface area contributed by atoms with Crippen LogP contribution in [0.3, 0.4) is 0 Å². The molecule has 0 aliphatic heterocycles. The van der Waals surface area contributed by atoms with Crippen molar-refractivity contribution >= 4 is 0 Å². The van der Waals surface area contributed by atoms with Crippen LogP contribution >= 0.6 is 0 Å². The fraction of sp³-hybridized carbons (Fsp3) is 0.667. The largest absolute Gasteiger partial charge is 0.489 e. The summed E-state index contributed by atoms with van der Waals surface area (Å²) in [5, 5.41) is 3.48. The van der Waals surface area contributed by atoms with E-state index >= 15 is 0 Å². The van der Waals surface area contributed by atoms with Gasteiger partial charge in [-0.15, -0.1) is 0 Å². The molecule has 0 bridgehead atoms. The summed E-state index contributed by atoms with van der Waals surface area (Å²) in [5.74, 6) is 0.874. The smallest absolute Gasteiger partial charge is 0.142 e. The maximum Gasteiger partial charge on any atom is 0.142 e. The van der Waals surface area contributed by atoms with E-state index in [0.717, 1.165) is 36.7 Å². The molecule has 0 saturated heterocycles. The molecule has 1 fully saturated rings. The van der Waals surface area contributed by atoms with E-state index in [1.165, 1.54) is 12.8 Å². The summed E-state index contributed by atoms with van der Waals surface area (Å²) in [5.41, 5.74) is 2.03.